The van der Waals surface area contributed by atoms with E-state index in [0.29, 0.717) is 0 Å². The van der Waals surface area contributed by atoms with Crippen molar-refractivity contribution in [3.63, 3.8) is 0 Å². The lowest BCUT2D eigenvalue weighted by atomic mass is 10.2. The smallest absolute Gasteiger partial charge is 0.339 e. The van der Waals surface area contributed by atoms with Gasteiger partial charge in [0.05, 0.1) is 6.26 Å². The molecule has 1 aromatic carbocycles. The summed E-state index contributed by atoms with van der Waals surface area (Å²) in [6.45, 7) is 0. The lowest BCUT2D eigenvalue weighted by Gasteiger charge is -2.05. The van der Waals surface area contributed by atoms with Crippen molar-refractivity contribution < 1.29 is 23.4 Å². The molecule has 0 unspecified atom stereocenters. The Balaban J connectivity index is 3.14. The summed E-state index contributed by atoms with van der Waals surface area (Å²) < 4.78 is 23.8. The molecule has 1 aromatic rings. The van der Waals surface area contributed by atoms with Crippen molar-refractivity contribution in [1.29, 1.82) is 0 Å². The standard InChI is InChI=1S/C8H9NO5S/c1-15(13,14)9-5-2-3-7(10)6(4-5)8(11)12/h2-4,9-10H,1H3,(H,11,12). The number of sulfonamides is 1. The van der Waals surface area contributed by atoms with Gasteiger partial charge in [-0.05, 0) is 18.2 Å². The predicted molar refractivity (Wildman–Crippen MR) is 53.5 cm³/mol. The summed E-state index contributed by atoms with van der Waals surface area (Å²) in [5.74, 6) is -1.74. The molecule has 0 aliphatic heterocycles. The first-order valence-corrected chi connectivity index (χ1v) is 5.73. The van der Waals surface area contributed by atoms with Gasteiger partial charge >= 0.3 is 5.97 Å². The van der Waals surface area contributed by atoms with Crippen LogP contribution in [0.2, 0.25) is 0 Å². The minimum Gasteiger partial charge on any atom is -0.507 e. The Bertz CT molecular complexity index is 494. The van der Waals surface area contributed by atoms with Crippen LogP contribution in [0.15, 0.2) is 18.2 Å². The second-order valence-electron chi connectivity index (χ2n) is 2.91. The Labute approximate surface area is 86.2 Å². The van der Waals surface area contributed by atoms with Crippen LogP contribution in [-0.2, 0) is 10.0 Å². The molecule has 0 aromatic heterocycles. The first-order chi connectivity index (χ1) is 6.79. The normalized spacial score (nSPS) is 11.0. The molecular formula is C8H9NO5S. The van der Waals surface area contributed by atoms with Gasteiger partial charge in [0.2, 0.25) is 10.0 Å². The van der Waals surface area contributed by atoms with E-state index in [0.717, 1.165) is 18.4 Å². The highest BCUT2D eigenvalue weighted by Crippen LogP contribution is 2.21. The predicted octanol–water partition coefficient (Wildman–Crippen LogP) is 0.462. The molecule has 1 rings (SSSR count). The average molecular weight is 231 g/mol. The topological polar surface area (TPSA) is 104 Å². The molecule has 82 valence electrons. The van der Waals surface area contributed by atoms with Crippen LogP contribution in [-0.4, -0.2) is 30.9 Å². The highest BCUT2D eigenvalue weighted by atomic mass is 32.2. The number of aromatic hydroxyl groups is 1. The molecule has 0 saturated carbocycles. The van der Waals surface area contributed by atoms with Crippen LogP contribution in [0.3, 0.4) is 0 Å². The van der Waals surface area contributed by atoms with E-state index >= 15 is 0 Å². The molecule has 0 atom stereocenters. The molecule has 0 aliphatic carbocycles. The van der Waals surface area contributed by atoms with Crippen LogP contribution in [0.25, 0.3) is 0 Å². The number of hydrogen-bond donors (Lipinski definition) is 3. The van der Waals surface area contributed by atoms with E-state index in [1.807, 2.05) is 0 Å². The molecule has 6 nitrogen and oxygen atoms in total. The molecule has 0 bridgehead atoms. The number of anilines is 1. The SMILES string of the molecule is CS(=O)(=O)Nc1ccc(O)c(C(=O)O)c1. The Morgan fingerprint density at radius 1 is 1.40 bits per heavy atom. The van der Waals surface area contributed by atoms with Crippen molar-refractivity contribution in [2.45, 2.75) is 0 Å². The van der Waals surface area contributed by atoms with E-state index in [1.54, 1.807) is 0 Å². The van der Waals surface area contributed by atoms with Crippen molar-refractivity contribution in [2.75, 3.05) is 11.0 Å². The van der Waals surface area contributed by atoms with Gasteiger partial charge in [-0.2, -0.15) is 0 Å². The third-order valence-corrected chi connectivity index (χ3v) is 2.14. The number of carboxylic acids is 1. The number of phenols is 1. The third-order valence-electron chi connectivity index (χ3n) is 1.53. The zero-order chi connectivity index (χ0) is 11.6. The molecule has 0 amide bonds. The van der Waals surface area contributed by atoms with Crippen LogP contribution in [0.5, 0.6) is 5.75 Å². The molecule has 7 heteroatoms. The van der Waals surface area contributed by atoms with E-state index in [1.165, 1.54) is 6.07 Å². The van der Waals surface area contributed by atoms with Gasteiger partial charge < -0.3 is 10.2 Å². The summed E-state index contributed by atoms with van der Waals surface area (Å²) >= 11 is 0. The molecule has 0 aliphatic rings. The van der Waals surface area contributed by atoms with E-state index in [2.05, 4.69) is 4.72 Å². The lowest BCUT2D eigenvalue weighted by Crippen LogP contribution is -2.10. The van der Waals surface area contributed by atoms with Gasteiger partial charge in [0, 0.05) is 5.69 Å². The monoisotopic (exact) mass is 231 g/mol. The quantitative estimate of drug-likeness (QED) is 0.656. The summed E-state index contributed by atoms with van der Waals surface area (Å²) in [6.07, 6.45) is 0.945. The first kappa shape index (κ1) is 11.3. The summed E-state index contributed by atoms with van der Waals surface area (Å²) in [5.41, 5.74) is -0.267. The molecule has 0 heterocycles. The zero-order valence-corrected chi connectivity index (χ0v) is 8.58. The summed E-state index contributed by atoms with van der Waals surface area (Å²) in [4.78, 5) is 10.6. The van der Waals surface area contributed by atoms with Gasteiger partial charge in [-0.15, -0.1) is 0 Å². The highest BCUT2D eigenvalue weighted by molar-refractivity contribution is 7.92. The number of rotatable bonds is 3. The third kappa shape index (κ3) is 3.13. The number of hydrogen-bond acceptors (Lipinski definition) is 4. The van der Waals surface area contributed by atoms with Crippen molar-refractivity contribution in [1.82, 2.24) is 0 Å². The fraction of sp³-hybridized carbons (Fsp3) is 0.125. The summed E-state index contributed by atoms with van der Waals surface area (Å²) in [6, 6.07) is 3.42. The molecule has 0 spiro atoms. The number of aromatic carboxylic acids is 1. The first-order valence-electron chi connectivity index (χ1n) is 3.84. The van der Waals surface area contributed by atoms with Crippen LogP contribution >= 0.6 is 0 Å². The fourth-order valence-corrected chi connectivity index (χ4v) is 1.54. The van der Waals surface area contributed by atoms with E-state index in [4.69, 9.17) is 10.2 Å². The largest absolute Gasteiger partial charge is 0.507 e. The van der Waals surface area contributed by atoms with Crippen molar-refractivity contribution in [3.8, 4) is 5.75 Å². The number of carbonyl (C=O) groups is 1. The molecule has 0 saturated heterocycles. The minimum atomic E-state index is -3.46. The van der Waals surface area contributed by atoms with Gasteiger partial charge in [-0.1, -0.05) is 0 Å². The molecule has 15 heavy (non-hydrogen) atoms. The van der Waals surface area contributed by atoms with Crippen molar-refractivity contribution in [3.05, 3.63) is 23.8 Å². The Hall–Kier alpha value is -1.76. The number of nitrogens with one attached hydrogen (secondary N) is 1. The minimum absolute atomic E-state index is 0.0905. The van der Waals surface area contributed by atoms with Gasteiger partial charge in [0.15, 0.2) is 0 Å². The molecule has 0 radical (unpaired) electrons. The lowest BCUT2D eigenvalue weighted by molar-refractivity contribution is 0.0694. The fourth-order valence-electron chi connectivity index (χ4n) is 0.985. The maximum atomic E-state index is 10.8. The van der Waals surface area contributed by atoms with Crippen molar-refractivity contribution >= 4 is 21.7 Å². The summed E-state index contributed by atoms with van der Waals surface area (Å²) in [5, 5.41) is 17.8. The van der Waals surface area contributed by atoms with Crippen LogP contribution in [0, 0.1) is 0 Å². The molecule has 3 N–H and O–H groups in total. The second kappa shape index (κ2) is 3.77. The van der Waals surface area contributed by atoms with Gasteiger partial charge in [-0.3, -0.25) is 4.72 Å². The van der Waals surface area contributed by atoms with Crippen LogP contribution in [0.1, 0.15) is 10.4 Å². The number of benzene rings is 1. The van der Waals surface area contributed by atoms with Crippen LogP contribution in [0.4, 0.5) is 5.69 Å². The second-order valence-corrected chi connectivity index (χ2v) is 4.66. The van der Waals surface area contributed by atoms with E-state index in [-0.39, 0.29) is 11.3 Å². The Morgan fingerprint density at radius 2 is 2.00 bits per heavy atom. The Morgan fingerprint density at radius 3 is 2.47 bits per heavy atom. The maximum Gasteiger partial charge on any atom is 0.339 e. The van der Waals surface area contributed by atoms with Crippen molar-refractivity contribution in [2.24, 2.45) is 0 Å². The van der Waals surface area contributed by atoms with Crippen LogP contribution < -0.4 is 4.72 Å². The molecule has 0 fully saturated rings. The van der Waals surface area contributed by atoms with E-state index < -0.39 is 21.7 Å². The maximum absolute atomic E-state index is 10.8. The van der Waals surface area contributed by atoms with E-state index in [9.17, 15) is 13.2 Å². The Kier molecular flexibility index (Phi) is 2.85. The zero-order valence-electron chi connectivity index (χ0n) is 7.76. The average Bonchev–Trinajstić information content (AvgIpc) is 2.05. The molecular weight excluding hydrogens is 222 g/mol. The highest BCUT2D eigenvalue weighted by Gasteiger charge is 2.11. The summed E-state index contributed by atoms with van der Waals surface area (Å²) in [7, 11) is -3.46. The number of carboxylic acid groups (broad SMARTS) is 1. The van der Waals surface area contributed by atoms with Gasteiger partial charge in [0.1, 0.15) is 11.3 Å². The van der Waals surface area contributed by atoms with Gasteiger partial charge in [-0.25, -0.2) is 13.2 Å². The van der Waals surface area contributed by atoms with Gasteiger partial charge in [0.25, 0.3) is 0 Å².